The van der Waals surface area contributed by atoms with Gasteiger partial charge in [0.15, 0.2) is 0 Å². The minimum atomic E-state index is -0.321. The van der Waals surface area contributed by atoms with Crippen LogP contribution in [0.3, 0.4) is 0 Å². The maximum atomic E-state index is 10.2. The third-order valence-electron chi connectivity index (χ3n) is 2.63. The molecular weight excluding hydrogens is 226 g/mol. The van der Waals surface area contributed by atoms with Crippen molar-refractivity contribution in [3.8, 4) is 16.9 Å². The fraction of sp³-hybridized carbons (Fsp3) is 0.200. The number of nitroso groups, excluding NO2 is 1. The zero-order chi connectivity index (χ0) is 12.8. The van der Waals surface area contributed by atoms with E-state index in [9.17, 15) is 4.91 Å². The first kappa shape index (κ1) is 12.3. The van der Waals surface area contributed by atoms with E-state index in [2.05, 4.69) is 17.3 Å². The average Bonchev–Trinajstić information content (AvgIpc) is 2.46. The molecule has 92 valence electrons. The molecule has 0 aliphatic carbocycles. The van der Waals surface area contributed by atoms with E-state index in [4.69, 9.17) is 4.74 Å². The molecule has 0 fully saturated rings. The summed E-state index contributed by atoms with van der Waals surface area (Å²) in [5.74, 6) is 0.755. The molecule has 0 heterocycles. The molecule has 0 aliphatic rings. The van der Waals surface area contributed by atoms with Crippen molar-refractivity contribution < 1.29 is 4.74 Å². The monoisotopic (exact) mass is 241 g/mol. The van der Waals surface area contributed by atoms with Gasteiger partial charge in [0.25, 0.3) is 0 Å². The van der Waals surface area contributed by atoms with Gasteiger partial charge in [-0.2, -0.15) is 4.91 Å². The number of hydrogen-bond acceptors (Lipinski definition) is 3. The van der Waals surface area contributed by atoms with Gasteiger partial charge < -0.3 is 4.74 Å². The lowest BCUT2D eigenvalue weighted by atomic mass is 10.1. The van der Waals surface area contributed by atoms with Gasteiger partial charge in [-0.25, -0.2) is 0 Å². The Kier molecular flexibility index (Phi) is 4.07. The minimum absolute atomic E-state index is 0.314. The van der Waals surface area contributed by atoms with Gasteiger partial charge in [0, 0.05) is 0 Å². The summed E-state index contributed by atoms with van der Waals surface area (Å²) in [6.07, 6.45) is 0. The molecule has 0 saturated heterocycles. The molecule has 2 aromatic carbocycles. The van der Waals surface area contributed by atoms with E-state index in [1.807, 2.05) is 42.5 Å². The second-order valence-corrected chi connectivity index (χ2v) is 4.16. The standard InChI is InChI=1S/C15H15NO2/c1-12(16-17)11-18-15-9-7-14(8-10-15)13-5-3-2-4-6-13/h2-10,12H,11H2,1H3. The summed E-state index contributed by atoms with van der Waals surface area (Å²) in [5, 5.41) is 2.89. The lowest BCUT2D eigenvalue weighted by molar-refractivity contribution is 0.296. The summed E-state index contributed by atoms with van der Waals surface area (Å²) < 4.78 is 5.46. The van der Waals surface area contributed by atoms with Gasteiger partial charge in [-0.3, -0.25) is 0 Å². The van der Waals surface area contributed by atoms with Gasteiger partial charge in [-0.15, -0.1) is 0 Å². The molecule has 0 bridgehead atoms. The normalized spacial score (nSPS) is 11.8. The molecular formula is C15H15NO2. The first-order valence-corrected chi connectivity index (χ1v) is 5.90. The largest absolute Gasteiger partial charge is 0.491 e. The SMILES string of the molecule is CC(COc1ccc(-c2ccccc2)cc1)N=O. The molecule has 0 radical (unpaired) electrons. The van der Waals surface area contributed by atoms with E-state index < -0.39 is 0 Å². The number of rotatable bonds is 5. The average molecular weight is 241 g/mol. The van der Waals surface area contributed by atoms with Crippen molar-refractivity contribution >= 4 is 0 Å². The van der Waals surface area contributed by atoms with Crippen LogP contribution in [0.5, 0.6) is 5.75 Å². The van der Waals surface area contributed by atoms with Gasteiger partial charge in [-0.05, 0) is 30.2 Å². The molecule has 0 N–H and O–H groups in total. The van der Waals surface area contributed by atoms with E-state index in [0.29, 0.717) is 6.61 Å². The zero-order valence-corrected chi connectivity index (χ0v) is 10.2. The van der Waals surface area contributed by atoms with Gasteiger partial charge >= 0.3 is 0 Å². The zero-order valence-electron chi connectivity index (χ0n) is 10.2. The summed E-state index contributed by atoms with van der Waals surface area (Å²) in [6.45, 7) is 2.04. The Morgan fingerprint density at radius 2 is 1.61 bits per heavy atom. The van der Waals surface area contributed by atoms with E-state index in [1.165, 1.54) is 5.56 Å². The Bertz CT molecular complexity index is 494. The van der Waals surface area contributed by atoms with E-state index in [1.54, 1.807) is 6.92 Å². The highest BCUT2D eigenvalue weighted by Gasteiger charge is 2.02. The van der Waals surface area contributed by atoms with E-state index in [0.717, 1.165) is 11.3 Å². The number of hydrogen-bond donors (Lipinski definition) is 0. The Balaban J connectivity index is 2.04. The molecule has 2 aromatic rings. The molecule has 3 nitrogen and oxygen atoms in total. The molecule has 3 heteroatoms. The van der Waals surface area contributed by atoms with Crippen LogP contribution in [-0.4, -0.2) is 12.6 Å². The lowest BCUT2D eigenvalue weighted by Crippen LogP contribution is -2.10. The Labute approximate surface area is 106 Å². The molecule has 18 heavy (non-hydrogen) atoms. The quantitative estimate of drug-likeness (QED) is 0.745. The van der Waals surface area contributed by atoms with Crippen LogP contribution in [0.1, 0.15) is 6.92 Å². The topological polar surface area (TPSA) is 38.7 Å². The number of nitrogens with zero attached hydrogens (tertiary/aromatic N) is 1. The fourth-order valence-electron chi connectivity index (χ4n) is 1.62. The number of benzene rings is 2. The highest BCUT2D eigenvalue weighted by Crippen LogP contribution is 2.22. The van der Waals surface area contributed by atoms with Crippen molar-refractivity contribution in [2.75, 3.05) is 6.61 Å². The third-order valence-corrected chi connectivity index (χ3v) is 2.63. The smallest absolute Gasteiger partial charge is 0.123 e. The van der Waals surface area contributed by atoms with Crippen LogP contribution in [0, 0.1) is 4.91 Å². The molecule has 1 atom stereocenters. The first-order chi connectivity index (χ1) is 8.79. The van der Waals surface area contributed by atoms with Gasteiger partial charge in [0.05, 0.1) is 0 Å². The van der Waals surface area contributed by atoms with E-state index >= 15 is 0 Å². The molecule has 1 unspecified atom stereocenters. The second kappa shape index (κ2) is 5.96. The third kappa shape index (κ3) is 3.17. The highest BCUT2D eigenvalue weighted by atomic mass is 16.5. The van der Waals surface area contributed by atoms with Crippen LogP contribution in [-0.2, 0) is 0 Å². The Morgan fingerprint density at radius 1 is 1.00 bits per heavy atom. The van der Waals surface area contributed by atoms with E-state index in [-0.39, 0.29) is 6.04 Å². The van der Waals surface area contributed by atoms with Crippen LogP contribution in [0.15, 0.2) is 59.8 Å². The van der Waals surface area contributed by atoms with Crippen molar-refractivity contribution in [1.29, 1.82) is 0 Å². The Morgan fingerprint density at radius 3 is 2.22 bits per heavy atom. The molecule has 0 amide bonds. The van der Waals surface area contributed by atoms with Crippen LogP contribution in [0.4, 0.5) is 0 Å². The fourth-order valence-corrected chi connectivity index (χ4v) is 1.62. The minimum Gasteiger partial charge on any atom is -0.491 e. The van der Waals surface area contributed by atoms with Gasteiger partial charge in [0.2, 0.25) is 0 Å². The molecule has 2 rings (SSSR count). The maximum Gasteiger partial charge on any atom is 0.123 e. The highest BCUT2D eigenvalue weighted by molar-refractivity contribution is 5.63. The van der Waals surface area contributed by atoms with Crippen LogP contribution < -0.4 is 4.74 Å². The van der Waals surface area contributed by atoms with Crippen molar-refractivity contribution in [1.82, 2.24) is 0 Å². The molecule has 0 aliphatic heterocycles. The Hall–Kier alpha value is -2.16. The molecule has 0 spiro atoms. The predicted octanol–water partition coefficient (Wildman–Crippen LogP) is 3.89. The van der Waals surface area contributed by atoms with Crippen molar-refractivity contribution in [3.63, 3.8) is 0 Å². The summed E-state index contributed by atoms with van der Waals surface area (Å²) in [5.41, 5.74) is 2.32. The van der Waals surface area contributed by atoms with Gasteiger partial charge in [-0.1, -0.05) is 47.6 Å². The van der Waals surface area contributed by atoms with Crippen molar-refractivity contribution in [2.24, 2.45) is 5.18 Å². The van der Waals surface area contributed by atoms with Gasteiger partial charge in [0.1, 0.15) is 18.4 Å². The second-order valence-electron chi connectivity index (χ2n) is 4.16. The summed E-state index contributed by atoms with van der Waals surface area (Å²) in [7, 11) is 0. The lowest BCUT2D eigenvalue weighted by Gasteiger charge is -2.08. The summed E-state index contributed by atoms with van der Waals surface area (Å²) >= 11 is 0. The van der Waals surface area contributed by atoms with Crippen LogP contribution >= 0.6 is 0 Å². The molecule has 0 aromatic heterocycles. The van der Waals surface area contributed by atoms with Crippen LogP contribution in [0.2, 0.25) is 0 Å². The molecule has 0 saturated carbocycles. The van der Waals surface area contributed by atoms with Crippen LogP contribution in [0.25, 0.3) is 11.1 Å². The first-order valence-electron chi connectivity index (χ1n) is 5.90. The summed E-state index contributed by atoms with van der Waals surface area (Å²) in [6, 6.07) is 17.6. The predicted molar refractivity (Wildman–Crippen MR) is 72.6 cm³/mol. The maximum absolute atomic E-state index is 10.2. The number of ether oxygens (including phenoxy) is 1. The summed E-state index contributed by atoms with van der Waals surface area (Å²) in [4.78, 5) is 10.2. The van der Waals surface area contributed by atoms with Crippen molar-refractivity contribution in [3.05, 3.63) is 59.5 Å². The van der Waals surface area contributed by atoms with Crippen molar-refractivity contribution in [2.45, 2.75) is 13.0 Å².